The molecule has 152 valence electrons. The quantitative estimate of drug-likeness (QED) is 0.284. The van der Waals surface area contributed by atoms with Gasteiger partial charge in [0.05, 0.1) is 6.10 Å². The number of hydrogen-bond acceptors (Lipinski definition) is 1. The first kappa shape index (κ1) is 22.0. The lowest BCUT2D eigenvalue weighted by Gasteiger charge is -2.39. The minimum Gasteiger partial charge on any atom is -0.378 e. The highest BCUT2D eigenvalue weighted by Crippen LogP contribution is 2.38. The van der Waals surface area contributed by atoms with E-state index in [2.05, 4.69) is 39.8 Å². The van der Waals surface area contributed by atoms with Gasteiger partial charge in [-0.3, -0.25) is 0 Å². The van der Waals surface area contributed by atoms with E-state index in [1.165, 1.54) is 77.0 Å². The standard InChI is InChI=1S/C25H46O/c1-5-7-9-19-26-25-18-17-24(20(3)21(25)4)16-15-23-13-11-22(12-14-23)10-8-6-2/h15-16,20-25H,5-14,17-19H2,1-4H3. The second-order valence-electron chi connectivity index (χ2n) is 9.38. The Morgan fingerprint density at radius 2 is 1.50 bits per heavy atom. The molecule has 4 unspecified atom stereocenters. The van der Waals surface area contributed by atoms with Crippen molar-refractivity contribution in [1.82, 2.24) is 0 Å². The van der Waals surface area contributed by atoms with E-state index in [0.29, 0.717) is 12.0 Å². The third kappa shape index (κ3) is 7.02. The third-order valence-electron chi connectivity index (χ3n) is 7.44. The average molecular weight is 363 g/mol. The zero-order chi connectivity index (χ0) is 18.8. The lowest BCUT2D eigenvalue weighted by Crippen LogP contribution is -2.36. The fraction of sp³-hybridized carbons (Fsp3) is 0.920. The first-order valence-electron chi connectivity index (χ1n) is 12.0. The summed E-state index contributed by atoms with van der Waals surface area (Å²) in [7, 11) is 0. The number of allylic oxidation sites excluding steroid dienone is 2. The smallest absolute Gasteiger partial charge is 0.0603 e. The van der Waals surface area contributed by atoms with Crippen LogP contribution in [0.1, 0.15) is 105 Å². The van der Waals surface area contributed by atoms with E-state index >= 15 is 0 Å². The van der Waals surface area contributed by atoms with Gasteiger partial charge in [0.15, 0.2) is 0 Å². The number of unbranched alkanes of at least 4 members (excludes halogenated alkanes) is 3. The minimum absolute atomic E-state index is 0.500. The molecule has 0 aliphatic heterocycles. The van der Waals surface area contributed by atoms with E-state index in [9.17, 15) is 0 Å². The van der Waals surface area contributed by atoms with Crippen molar-refractivity contribution in [3.05, 3.63) is 12.2 Å². The molecule has 0 radical (unpaired) electrons. The van der Waals surface area contributed by atoms with Gasteiger partial charge < -0.3 is 4.74 Å². The summed E-state index contributed by atoms with van der Waals surface area (Å²) in [4.78, 5) is 0. The number of rotatable bonds is 10. The van der Waals surface area contributed by atoms with Crippen molar-refractivity contribution in [3.8, 4) is 0 Å². The van der Waals surface area contributed by atoms with Gasteiger partial charge in [-0.05, 0) is 74.5 Å². The molecule has 1 heteroatoms. The molecule has 1 nitrogen and oxygen atoms in total. The van der Waals surface area contributed by atoms with Crippen LogP contribution < -0.4 is 0 Å². The summed E-state index contributed by atoms with van der Waals surface area (Å²) in [5, 5.41) is 0. The van der Waals surface area contributed by atoms with E-state index in [1.54, 1.807) is 0 Å². The highest BCUT2D eigenvalue weighted by Gasteiger charge is 2.33. The molecule has 4 atom stereocenters. The van der Waals surface area contributed by atoms with Gasteiger partial charge in [0.25, 0.3) is 0 Å². The predicted molar refractivity (Wildman–Crippen MR) is 114 cm³/mol. The van der Waals surface area contributed by atoms with Crippen LogP contribution in [0.15, 0.2) is 12.2 Å². The summed E-state index contributed by atoms with van der Waals surface area (Å²) in [6, 6.07) is 0. The van der Waals surface area contributed by atoms with Gasteiger partial charge in [0, 0.05) is 6.61 Å². The summed E-state index contributed by atoms with van der Waals surface area (Å²) < 4.78 is 6.23. The fourth-order valence-corrected chi connectivity index (χ4v) is 5.17. The normalized spacial score (nSPS) is 35.8. The lowest BCUT2D eigenvalue weighted by atomic mass is 9.71. The van der Waals surface area contributed by atoms with Gasteiger partial charge in [-0.2, -0.15) is 0 Å². The molecule has 26 heavy (non-hydrogen) atoms. The van der Waals surface area contributed by atoms with Crippen molar-refractivity contribution in [3.63, 3.8) is 0 Å². The Labute approximate surface area is 164 Å². The van der Waals surface area contributed by atoms with E-state index < -0.39 is 0 Å². The maximum Gasteiger partial charge on any atom is 0.0603 e. The second-order valence-corrected chi connectivity index (χ2v) is 9.38. The second kappa shape index (κ2) is 12.2. The van der Waals surface area contributed by atoms with Crippen LogP contribution in [0.5, 0.6) is 0 Å². The van der Waals surface area contributed by atoms with Crippen molar-refractivity contribution in [2.45, 2.75) is 111 Å². The van der Waals surface area contributed by atoms with Crippen molar-refractivity contribution in [2.75, 3.05) is 6.61 Å². The molecule has 2 aliphatic carbocycles. The number of ether oxygens (including phenoxy) is 1. The summed E-state index contributed by atoms with van der Waals surface area (Å²) in [6.45, 7) is 10.4. The Kier molecular flexibility index (Phi) is 10.3. The Bertz CT molecular complexity index is 380. The zero-order valence-electron chi connectivity index (χ0n) is 18.2. The Morgan fingerprint density at radius 3 is 2.19 bits per heavy atom. The van der Waals surface area contributed by atoms with E-state index in [4.69, 9.17) is 4.74 Å². The third-order valence-corrected chi connectivity index (χ3v) is 7.44. The highest BCUT2D eigenvalue weighted by atomic mass is 16.5. The van der Waals surface area contributed by atoms with Crippen LogP contribution in [0.2, 0.25) is 0 Å². The van der Waals surface area contributed by atoms with Gasteiger partial charge in [0.1, 0.15) is 0 Å². The molecule has 0 aromatic heterocycles. The largest absolute Gasteiger partial charge is 0.378 e. The monoisotopic (exact) mass is 362 g/mol. The molecule has 0 bridgehead atoms. The predicted octanol–water partition coefficient (Wildman–Crippen LogP) is 7.80. The van der Waals surface area contributed by atoms with Crippen molar-refractivity contribution < 1.29 is 4.74 Å². The molecule has 0 heterocycles. The number of hydrogen-bond donors (Lipinski definition) is 0. The van der Waals surface area contributed by atoms with Gasteiger partial charge in [-0.1, -0.05) is 72.0 Å². The van der Waals surface area contributed by atoms with Crippen LogP contribution >= 0.6 is 0 Å². The molecular formula is C25H46O. The van der Waals surface area contributed by atoms with E-state index in [0.717, 1.165) is 30.3 Å². The summed E-state index contributed by atoms with van der Waals surface area (Å²) in [5.41, 5.74) is 0. The molecule has 2 fully saturated rings. The maximum atomic E-state index is 6.23. The first-order valence-corrected chi connectivity index (χ1v) is 12.0. The molecule has 0 spiro atoms. The minimum atomic E-state index is 0.500. The maximum absolute atomic E-state index is 6.23. The molecule has 0 amide bonds. The molecule has 0 saturated heterocycles. The molecule has 2 aliphatic rings. The van der Waals surface area contributed by atoms with Crippen LogP contribution in [0, 0.1) is 29.6 Å². The fourth-order valence-electron chi connectivity index (χ4n) is 5.17. The average Bonchev–Trinajstić information content (AvgIpc) is 2.67. The van der Waals surface area contributed by atoms with Crippen LogP contribution in [0.3, 0.4) is 0 Å². The van der Waals surface area contributed by atoms with Gasteiger partial charge in [-0.25, -0.2) is 0 Å². The topological polar surface area (TPSA) is 9.23 Å². The van der Waals surface area contributed by atoms with E-state index in [-0.39, 0.29) is 0 Å². The van der Waals surface area contributed by atoms with Crippen LogP contribution in [-0.4, -0.2) is 12.7 Å². The lowest BCUT2D eigenvalue weighted by molar-refractivity contribution is -0.0353. The molecule has 0 aromatic carbocycles. The highest BCUT2D eigenvalue weighted by molar-refractivity contribution is 4.99. The van der Waals surface area contributed by atoms with Gasteiger partial charge in [-0.15, -0.1) is 0 Å². The van der Waals surface area contributed by atoms with Crippen LogP contribution in [-0.2, 0) is 4.74 Å². The van der Waals surface area contributed by atoms with Crippen molar-refractivity contribution in [2.24, 2.45) is 29.6 Å². The van der Waals surface area contributed by atoms with Crippen molar-refractivity contribution in [1.29, 1.82) is 0 Å². The van der Waals surface area contributed by atoms with Crippen LogP contribution in [0.25, 0.3) is 0 Å². The molecular weight excluding hydrogens is 316 g/mol. The Hall–Kier alpha value is -0.300. The Morgan fingerprint density at radius 1 is 0.769 bits per heavy atom. The molecule has 2 rings (SSSR count). The van der Waals surface area contributed by atoms with Gasteiger partial charge in [0.2, 0.25) is 0 Å². The molecule has 2 saturated carbocycles. The van der Waals surface area contributed by atoms with Crippen LogP contribution in [0.4, 0.5) is 0 Å². The Balaban J connectivity index is 1.71. The zero-order valence-corrected chi connectivity index (χ0v) is 18.2. The van der Waals surface area contributed by atoms with E-state index in [1.807, 2.05) is 0 Å². The summed E-state index contributed by atoms with van der Waals surface area (Å²) in [5.74, 6) is 4.12. The van der Waals surface area contributed by atoms with Gasteiger partial charge >= 0.3 is 0 Å². The molecule has 0 aromatic rings. The SMILES string of the molecule is CCCCCOC1CCC(C=CC2CCC(CCCC)CC2)C(C)C1C. The molecule has 0 N–H and O–H groups in total. The first-order chi connectivity index (χ1) is 12.7. The van der Waals surface area contributed by atoms with Crippen molar-refractivity contribution >= 4 is 0 Å². The summed E-state index contributed by atoms with van der Waals surface area (Å²) >= 11 is 0. The summed E-state index contributed by atoms with van der Waals surface area (Å²) in [6.07, 6.45) is 22.2.